The highest BCUT2D eigenvalue weighted by Crippen LogP contribution is 2.10. The molecule has 3 heterocycles. The van der Waals surface area contributed by atoms with Crippen molar-refractivity contribution >= 4 is 17.0 Å². The third-order valence-electron chi connectivity index (χ3n) is 2.55. The molecule has 3 rings (SSSR count). The highest BCUT2D eigenvalue weighted by molar-refractivity contribution is 7.09. The fourth-order valence-corrected chi connectivity index (χ4v) is 2.26. The molecule has 0 fully saturated rings. The van der Waals surface area contributed by atoms with Crippen LogP contribution in [0.2, 0.25) is 0 Å². The molecular weight excluding hydrogens is 272 g/mol. The van der Waals surface area contributed by atoms with Gasteiger partial charge in [-0.25, -0.2) is 9.50 Å². The molecule has 0 amide bonds. The molecule has 20 heavy (non-hydrogen) atoms. The van der Waals surface area contributed by atoms with E-state index in [1.807, 2.05) is 31.5 Å². The predicted molar refractivity (Wildman–Crippen MR) is 76.9 cm³/mol. The van der Waals surface area contributed by atoms with Crippen LogP contribution in [0.25, 0.3) is 5.65 Å². The van der Waals surface area contributed by atoms with Gasteiger partial charge in [-0.1, -0.05) is 5.92 Å². The minimum absolute atomic E-state index is 0.285. The molecule has 0 aliphatic heterocycles. The molecule has 0 N–H and O–H groups in total. The topological polar surface area (TPSA) is 52.3 Å². The summed E-state index contributed by atoms with van der Waals surface area (Å²) in [4.78, 5) is 8.60. The highest BCUT2D eigenvalue weighted by atomic mass is 32.1. The maximum atomic E-state index is 5.50. The second kappa shape index (κ2) is 5.31. The zero-order valence-electron chi connectivity index (χ0n) is 11.1. The molecule has 0 aromatic carbocycles. The Morgan fingerprint density at radius 3 is 3.05 bits per heavy atom. The normalized spacial score (nSPS) is 10.3. The number of thiazole rings is 1. The minimum atomic E-state index is 0.285. The van der Waals surface area contributed by atoms with Crippen molar-refractivity contribution in [3.05, 3.63) is 40.1 Å². The molecule has 0 radical (unpaired) electrons. The standard InChI is InChI=1S/C14H12N4OS/c1-10-8-13-16-14(5-6-18(13)17-10)19-7-3-4-12-9-20-11(2)15-12/h5-6,8-9H,7H2,1-2H3. The van der Waals surface area contributed by atoms with Gasteiger partial charge in [0.25, 0.3) is 0 Å². The van der Waals surface area contributed by atoms with E-state index < -0.39 is 0 Å². The number of hydrogen-bond acceptors (Lipinski definition) is 5. The van der Waals surface area contributed by atoms with Gasteiger partial charge in [-0.2, -0.15) is 10.1 Å². The van der Waals surface area contributed by atoms with Crippen LogP contribution < -0.4 is 4.74 Å². The van der Waals surface area contributed by atoms with Crippen molar-refractivity contribution < 1.29 is 4.74 Å². The van der Waals surface area contributed by atoms with Gasteiger partial charge in [0.2, 0.25) is 5.88 Å². The molecule has 3 aromatic rings. The van der Waals surface area contributed by atoms with Crippen molar-refractivity contribution in [2.24, 2.45) is 0 Å². The molecule has 0 saturated heterocycles. The Morgan fingerprint density at radius 2 is 2.25 bits per heavy atom. The van der Waals surface area contributed by atoms with Crippen LogP contribution in [-0.4, -0.2) is 26.2 Å². The molecule has 0 unspecified atom stereocenters. The lowest BCUT2D eigenvalue weighted by Crippen LogP contribution is -1.98. The Bertz CT molecular complexity index is 809. The number of nitrogens with zero attached hydrogens (tertiary/aromatic N) is 4. The zero-order valence-corrected chi connectivity index (χ0v) is 11.9. The van der Waals surface area contributed by atoms with E-state index in [9.17, 15) is 0 Å². The lowest BCUT2D eigenvalue weighted by atomic mass is 10.5. The maximum absolute atomic E-state index is 5.50. The first-order valence-corrected chi connectivity index (χ1v) is 6.95. The van der Waals surface area contributed by atoms with Crippen LogP contribution in [0.1, 0.15) is 16.4 Å². The number of hydrogen-bond donors (Lipinski definition) is 0. The fraction of sp³-hybridized carbons (Fsp3) is 0.214. The summed E-state index contributed by atoms with van der Waals surface area (Å²) in [6.07, 6.45) is 1.82. The molecule has 0 saturated carbocycles. The fourth-order valence-electron chi connectivity index (χ4n) is 1.72. The Kier molecular flexibility index (Phi) is 3.35. The number of ether oxygens (including phenoxy) is 1. The monoisotopic (exact) mass is 284 g/mol. The van der Waals surface area contributed by atoms with Gasteiger partial charge in [0, 0.05) is 23.7 Å². The van der Waals surface area contributed by atoms with Gasteiger partial charge in [0.05, 0.1) is 10.7 Å². The van der Waals surface area contributed by atoms with Crippen molar-refractivity contribution in [1.82, 2.24) is 19.6 Å². The molecule has 100 valence electrons. The van der Waals surface area contributed by atoms with E-state index in [1.165, 1.54) is 0 Å². The zero-order chi connectivity index (χ0) is 13.9. The molecule has 0 aliphatic carbocycles. The summed E-state index contributed by atoms with van der Waals surface area (Å²) >= 11 is 1.59. The van der Waals surface area contributed by atoms with E-state index in [0.717, 1.165) is 22.0 Å². The van der Waals surface area contributed by atoms with Gasteiger partial charge in [-0.3, -0.25) is 0 Å². The predicted octanol–water partition coefficient (Wildman–Crippen LogP) is 2.23. The molecule has 6 heteroatoms. The first-order chi connectivity index (χ1) is 9.70. The van der Waals surface area contributed by atoms with Crippen LogP contribution >= 0.6 is 11.3 Å². The molecule has 0 atom stereocenters. The third kappa shape index (κ3) is 2.78. The summed E-state index contributed by atoms with van der Waals surface area (Å²) in [5.74, 6) is 6.42. The molecule has 5 nitrogen and oxygen atoms in total. The highest BCUT2D eigenvalue weighted by Gasteiger charge is 2.01. The maximum Gasteiger partial charge on any atom is 0.217 e. The van der Waals surface area contributed by atoms with Crippen LogP contribution in [0.15, 0.2) is 23.7 Å². The van der Waals surface area contributed by atoms with Gasteiger partial charge >= 0.3 is 0 Å². The second-order valence-corrected chi connectivity index (χ2v) is 5.26. The number of rotatable bonds is 2. The van der Waals surface area contributed by atoms with Crippen molar-refractivity contribution in [2.75, 3.05) is 6.61 Å². The van der Waals surface area contributed by atoms with Gasteiger partial charge in [0.1, 0.15) is 5.69 Å². The number of aryl methyl sites for hydroxylation is 2. The summed E-state index contributed by atoms with van der Waals surface area (Å²) in [6, 6.07) is 3.67. The summed E-state index contributed by atoms with van der Waals surface area (Å²) in [5, 5.41) is 7.20. The third-order valence-corrected chi connectivity index (χ3v) is 3.32. The number of aromatic nitrogens is 4. The summed E-state index contributed by atoms with van der Waals surface area (Å²) in [7, 11) is 0. The van der Waals surface area contributed by atoms with Crippen LogP contribution in [0.4, 0.5) is 0 Å². The van der Waals surface area contributed by atoms with Gasteiger partial charge in [-0.15, -0.1) is 11.3 Å². The van der Waals surface area contributed by atoms with E-state index >= 15 is 0 Å². The Balaban J connectivity index is 1.66. The summed E-state index contributed by atoms with van der Waals surface area (Å²) in [5.41, 5.74) is 2.47. The van der Waals surface area contributed by atoms with E-state index in [2.05, 4.69) is 26.9 Å². The van der Waals surface area contributed by atoms with Crippen molar-refractivity contribution in [3.8, 4) is 17.7 Å². The van der Waals surface area contributed by atoms with Crippen LogP contribution in [-0.2, 0) is 0 Å². The van der Waals surface area contributed by atoms with Crippen LogP contribution in [0, 0.1) is 25.7 Å². The lowest BCUT2D eigenvalue weighted by Gasteiger charge is -2.00. The quantitative estimate of drug-likeness (QED) is 0.677. The van der Waals surface area contributed by atoms with Crippen LogP contribution in [0.3, 0.4) is 0 Å². The van der Waals surface area contributed by atoms with E-state index in [-0.39, 0.29) is 6.61 Å². The smallest absolute Gasteiger partial charge is 0.217 e. The van der Waals surface area contributed by atoms with Crippen molar-refractivity contribution in [2.45, 2.75) is 13.8 Å². The van der Waals surface area contributed by atoms with Gasteiger partial charge < -0.3 is 4.74 Å². The Morgan fingerprint density at radius 1 is 1.35 bits per heavy atom. The van der Waals surface area contributed by atoms with Crippen LogP contribution in [0.5, 0.6) is 5.88 Å². The molecule has 0 bridgehead atoms. The molecular formula is C14H12N4OS. The van der Waals surface area contributed by atoms with E-state index in [0.29, 0.717) is 5.88 Å². The molecule has 0 spiro atoms. The Hall–Kier alpha value is -2.39. The average Bonchev–Trinajstić information content (AvgIpc) is 2.99. The van der Waals surface area contributed by atoms with Gasteiger partial charge in [0.15, 0.2) is 12.3 Å². The summed E-state index contributed by atoms with van der Waals surface area (Å²) < 4.78 is 7.22. The van der Waals surface area contributed by atoms with E-state index in [1.54, 1.807) is 21.9 Å². The minimum Gasteiger partial charge on any atom is -0.464 e. The largest absolute Gasteiger partial charge is 0.464 e. The second-order valence-electron chi connectivity index (χ2n) is 4.20. The van der Waals surface area contributed by atoms with Crippen molar-refractivity contribution in [3.63, 3.8) is 0 Å². The molecule has 0 aliphatic rings. The van der Waals surface area contributed by atoms with Crippen molar-refractivity contribution in [1.29, 1.82) is 0 Å². The lowest BCUT2D eigenvalue weighted by molar-refractivity contribution is 0.355. The Labute approximate surface area is 120 Å². The molecule has 3 aromatic heterocycles. The first kappa shape index (κ1) is 12.6. The number of fused-ring (bicyclic) bond motifs is 1. The van der Waals surface area contributed by atoms with Gasteiger partial charge in [-0.05, 0) is 19.8 Å². The summed E-state index contributed by atoms with van der Waals surface area (Å²) in [6.45, 7) is 4.17. The SMILES string of the molecule is Cc1cc2nc(OCC#Cc3csc(C)n3)ccn2n1. The van der Waals surface area contributed by atoms with E-state index in [4.69, 9.17) is 4.74 Å². The average molecular weight is 284 g/mol. The first-order valence-electron chi connectivity index (χ1n) is 6.07.